The smallest absolute Gasteiger partial charge is 0.475 e. The minimum Gasteiger partial charge on any atom is -0.475 e. The van der Waals surface area contributed by atoms with Crippen LogP contribution in [0.5, 0.6) is 0 Å². The minimum absolute atomic E-state index is 0.00441. The number of benzene rings is 1. The predicted molar refractivity (Wildman–Crippen MR) is 201 cm³/mol. The number of amidine groups is 1. The molecule has 0 spiro atoms. The molecule has 0 bridgehead atoms. The van der Waals surface area contributed by atoms with Crippen molar-refractivity contribution in [1.29, 1.82) is 5.41 Å². The highest BCUT2D eigenvalue weighted by molar-refractivity contribution is 5.95. The molecule has 2 fully saturated rings. The molecule has 1 heterocycles. The van der Waals surface area contributed by atoms with Crippen molar-refractivity contribution in [3.8, 4) is 0 Å². The van der Waals surface area contributed by atoms with Crippen LogP contribution in [0, 0.1) is 23.2 Å². The van der Waals surface area contributed by atoms with Gasteiger partial charge in [0.2, 0.25) is 17.7 Å². The summed E-state index contributed by atoms with van der Waals surface area (Å²) in [5.74, 6) is -3.67. The van der Waals surface area contributed by atoms with Crippen molar-refractivity contribution in [2.75, 3.05) is 6.54 Å². The third kappa shape index (κ3) is 15.6. The van der Waals surface area contributed by atoms with E-state index in [1.165, 1.54) is 6.42 Å². The second kappa shape index (κ2) is 22.2. The summed E-state index contributed by atoms with van der Waals surface area (Å²) in [6.45, 7) is 0.593. The van der Waals surface area contributed by atoms with Gasteiger partial charge in [-0.15, -0.1) is 0 Å². The number of hydrogen-bond acceptors (Lipinski definition) is 7. The van der Waals surface area contributed by atoms with E-state index in [9.17, 15) is 27.6 Å². The Balaban J connectivity index is 0.00000106. The van der Waals surface area contributed by atoms with E-state index in [1.54, 1.807) is 18.5 Å². The highest BCUT2D eigenvalue weighted by atomic mass is 19.4. The first-order valence-corrected chi connectivity index (χ1v) is 18.7. The van der Waals surface area contributed by atoms with Gasteiger partial charge in [-0.2, -0.15) is 13.2 Å². The van der Waals surface area contributed by atoms with E-state index in [1.807, 2.05) is 30.3 Å². The van der Waals surface area contributed by atoms with Gasteiger partial charge in [-0.05, 0) is 74.0 Å². The number of hydrogen-bond donors (Lipinski definition) is 8. The molecule has 2 saturated carbocycles. The molecular formula is C38H54F3N9O5. The molecular weight excluding hydrogens is 719 g/mol. The number of amides is 3. The Labute approximate surface area is 319 Å². The predicted octanol–water partition coefficient (Wildman–Crippen LogP) is 3.66. The van der Waals surface area contributed by atoms with Crippen LogP contribution in [0.25, 0.3) is 0 Å². The molecule has 2 aliphatic carbocycles. The maximum Gasteiger partial charge on any atom is 0.490 e. The lowest BCUT2D eigenvalue weighted by Gasteiger charge is -2.34. The second-order valence-electron chi connectivity index (χ2n) is 14.1. The minimum atomic E-state index is -5.08. The van der Waals surface area contributed by atoms with Crippen LogP contribution in [0.2, 0.25) is 0 Å². The zero-order chi connectivity index (χ0) is 40.4. The number of aliphatic carboxylic acids is 1. The molecule has 0 radical (unpaired) electrons. The Morgan fingerprint density at radius 1 is 0.855 bits per heavy atom. The topological polar surface area (TPSA) is 252 Å². The van der Waals surface area contributed by atoms with Crippen molar-refractivity contribution in [3.63, 3.8) is 0 Å². The highest BCUT2D eigenvalue weighted by Crippen LogP contribution is 2.33. The Morgan fingerprint density at radius 2 is 1.45 bits per heavy atom. The molecule has 2 aliphatic rings. The van der Waals surface area contributed by atoms with E-state index >= 15 is 0 Å². The largest absolute Gasteiger partial charge is 0.490 e. The lowest BCUT2D eigenvalue weighted by Crippen LogP contribution is -2.57. The van der Waals surface area contributed by atoms with Crippen LogP contribution in [-0.4, -0.2) is 70.4 Å². The van der Waals surface area contributed by atoms with Gasteiger partial charge >= 0.3 is 12.1 Å². The Hall–Kier alpha value is -5.22. The van der Waals surface area contributed by atoms with Gasteiger partial charge in [0, 0.05) is 37.0 Å². The van der Waals surface area contributed by atoms with Crippen LogP contribution < -0.4 is 33.2 Å². The number of carbonyl (C=O) groups excluding carboxylic acids is 3. The monoisotopic (exact) mass is 773 g/mol. The summed E-state index contributed by atoms with van der Waals surface area (Å²) in [7, 11) is 0. The maximum absolute atomic E-state index is 14.3. The molecule has 3 atom stereocenters. The molecule has 14 nitrogen and oxygen atoms in total. The number of alkyl halides is 3. The number of carboxylic acid groups (broad SMARTS) is 1. The zero-order valence-electron chi connectivity index (χ0n) is 31.0. The second-order valence-corrected chi connectivity index (χ2v) is 14.1. The van der Waals surface area contributed by atoms with Gasteiger partial charge in [-0.25, -0.2) is 4.79 Å². The number of aliphatic imine (C=N–C) groups is 1. The fraction of sp³-hybridized carbons (Fsp3) is 0.553. The van der Waals surface area contributed by atoms with E-state index in [-0.39, 0.29) is 53.8 Å². The van der Waals surface area contributed by atoms with Gasteiger partial charge in [-0.1, -0.05) is 68.9 Å². The molecule has 4 rings (SSSR count). The third-order valence-corrected chi connectivity index (χ3v) is 9.99. The number of halogens is 3. The summed E-state index contributed by atoms with van der Waals surface area (Å²) in [6.07, 6.45) is 9.64. The SMILES string of the molecule is N=C(N)c1ccc(CC(C(=O)NC(C(=O)N[C@@H](CCCN=C(N)N)C(=O)NCc2cccnc2)C2CCCCC2)C2CCCCC2)cc1.O=C(O)C(F)(F)F. The Morgan fingerprint density at radius 3 is 1.98 bits per heavy atom. The fourth-order valence-electron chi connectivity index (χ4n) is 7.06. The van der Waals surface area contributed by atoms with Gasteiger partial charge in [0.25, 0.3) is 0 Å². The number of nitrogens with one attached hydrogen (secondary N) is 4. The maximum atomic E-state index is 14.3. The molecule has 1 aromatic heterocycles. The van der Waals surface area contributed by atoms with E-state index < -0.39 is 24.2 Å². The standard InChI is InChI=1S/C36H53N9O3.C2HF3O2/c37-32(38)28-17-15-24(16-18-28)21-29(26-10-3-1-4-11-26)33(46)45-31(27-12-5-2-6-13-27)35(48)44-30(14-8-20-42-36(39)40)34(47)43-23-25-9-7-19-41-22-25;3-2(4,5)1(6)7/h7,9,15-19,22,26-27,29-31H,1-6,8,10-14,20-21,23H2,(H3,37,38)(H,43,47)(H,44,48)(H,45,46)(H4,39,40,42);(H,6,7)/t29?,30-,31?;/m0./s1. The molecule has 11 N–H and O–H groups in total. The number of nitrogen functional groups attached to an aromatic ring is 1. The van der Waals surface area contributed by atoms with E-state index in [4.69, 9.17) is 32.5 Å². The van der Waals surface area contributed by atoms with Crippen molar-refractivity contribution in [1.82, 2.24) is 20.9 Å². The number of carbonyl (C=O) groups is 4. The average Bonchev–Trinajstić information content (AvgIpc) is 3.17. The van der Waals surface area contributed by atoms with E-state index in [2.05, 4.69) is 25.9 Å². The van der Waals surface area contributed by atoms with Crippen molar-refractivity contribution in [3.05, 3.63) is 65.5 Å². The molecule has 55 heavy (non-hydrogen) atoms. The fourth-order valence-corrected chi connectivity index (χ4v) is 7.06. The van der Waals surface area contributed by atoms with Crippen LogP contribution in [0.1, 0.15) is 93.7 Å². The summed E-state index contributed by atoms with van der Waals surface area (Å²) in [5, 5.41) is 24.0. The molecule has 17 heteroatoms. The first-order valence-electron chi connectivity index (χ1n) is 18.7. The highest BCUT2D eigenvalue weighted by Gasteiger charge is 2.39. The van der Waals surface area contributed by atoms with Gasteiger partial charge < -0.3 is 38.3 Å². The van der Waals surface area contributed by atoms with Crippen molar-refractivity contribution >= 4 is 35.5 Å². The van der Waals surface area contributed by atoms with Gasteiger partial charge in [-0.3, -0.25) is 29.8 Å². The third-order valence-electron chi connectivity index (χ3n) is 9.99. The average molecular weight is 774 g/mol. The van der Waals surface area contributed by atoms with Crippen molar-refractivity contribution in [2.24, 2.45) is 39.9 Å². The van der Waals surface area contributed by atoms with Crippen LogP contribution in [0.3, 0.4) is 0 Å². The first-order chi connectivity index (χ1) is 26.1. The lowest BCUT2D eigenvalue weighted by atomic mass is 9.76. The van der Waals surface area contributed by atoms with Crippen LogP contribution in [0.4, 0.5) is 13.2 Å². The Kier molecular flexibility index (Phi) is 17.9. The normalized spacial score (nSPS) is 16.6. The summed E-state index contributed by atoms with van der Waals surface area (Å²) >= 11 is 0. The summed E-state index contributed by atoms with van der Waals surface area (Å²) in [6, 6.07) is 9.58. The number of nitrogens with zero attached hydrogens (tertiary/aromatic N) is 2. The molecule has 0 aliphatic heterocycles. The molecule has 2 aromatic rings. The van der Waals surface area contributed by atoms with Crippen molar-refractivity contribution < 1.29 is 37.5 Å². The van der Waals surface area contributed by atoms with Crippen LogP contribution >= 0.6 is 0 Å². The van der Waals surface area contributed by atoms with E-state index in [0.29, 0.717) is 31.4 Å². The Bertz CT molecular complexity index is 1580. The molecule has 0 saturated heterocycles. The lowest BCUT2D eigenvalue weighted by molar-refractivity contribution is -0.192. The number of aromatic nitrogens is 1. The quantitative estimate of drug-likeness (QED) is 0.0703. The number of pyridine rings is 1. The van der Waals surface area contributed by atoms with Crippen LogP contribution in [-0.2, 0) is 32.1 Å². The van der Waals surface area contributed by atoms with Gasteiger partial charge in [0.15, 0.2) is 5.96 Å². The number of carboxylic acids is 1. The van der Waals surface area contributed by atoms with E-state index in [0.717, 1.165) is 68.9 Å². The molecule has 2 unspecified atom stereocenters. The number of guanidine groups is 1. The number of rotatable bonds is 16. The van der Waals surface area contributed by atoms with Crippen LogP contribution in [0.15, 0.2) is 53.8 Å². The molecule has 302 valence electrons. The summed E-state index contributed by atoms with van der Waals surface area (Å²) < 4.78 is 31.7. The zero-order valence-corrected chi connectivity index (χ0v) is 31.0. The summed E-state index contributed by atoms with van der Waals surface area (Å²) in [4.78, 5) is 58.9. The molecule has 3 amide bonds. The van der Waals surface area contributed by atoms with Gasteiger partial charge in [0.1, 0.15) is 17.9 Å². The van der Waals surface area contributed by atoms with Gasteiger partial charge in [0.05, 0.1) is 0 Å². The first kappa shape index (κ1) is 44.2. The summed E-state index contributed by atoms with van der Waals surface area (Å²) in [5.41, 5.74) is 19.1. The number of nitrogens with two attached hydrogens (primary N) is 3. The molecule has 1 aromatic carbocycles. The van der Waals surface area contributed by atoms with Crippen molar-refractivity contribution in [2.45, 2.75) is 108 Å².